The van der Waals surface area contributed by atoms with Gasteiger partial charge in [-0.1, -0.05) is 60.7 Å². The highest BCUT2D eigenvalue weighted by molar-refractivity contribution is 7.08. The monoisotopic (exact) mass is 280 g/mol. The largest absolute Gasteiger partial charge is 0.364 e. The molecule has 0 aliphatic carbocycles. The van der Waals surface area contributed by atoms with Crippen LogP contribution in [0.2, 0.25) is 0 Å². The first-order chi connectivity index (χ1) is 9.88. The molecule has 2 aromatic carbocycles. The molecule has 0 saturated carbocycles. The SMILES string of the molecule is COC(c1ccccc1)(c1ccccc1)c1ccsc1. The van der Waals surface area contributed by atoms with Crippen molar-refractivity contribution in [2.75, 3.05) is 7.11 Å². The summed E-state index contributed by atoms with van der Waals surface area (Å²) >= 11 is 1.69. The van der Waals surface area contributed by atoms with Gasteiger partial charge in [-0.3, -0.25) is 0 Å². The molecule has 0 atom stereocenters. The average molecular weight is 280 g/mol. The van der Waals surface area contributed by atoms with Gasteiger partial charge in [0, 0.05) is 12.7 Å². The lowest BCUT2D eigenvalue weighted by atomic mass is 9.81. The molecule has 0 aliphatic heterocycles. The Bertz CT molecular complexity index is 605. The van der Waals surface area contributed by atoms with E-state index in [1.165, 1.54) is 5.56 Å². The van der Waals surface area contributed by atoms with Crippen molar-refractivity contribution in [3.8, 4) is 0 Å². The van der Waals surface area contributed by atoms with Crippen LogP contribution in [0, 0.1) is 0 Å². The maximum absolute atomic E-state index is 6.06. The van der Waals surface area contributed by atoms with E-state index >= 15 is 0 Å². The summed E-state index contributed by atoms with van der Waals surface area (Å²) in [5.41, 5.74) is 2.92. The predicted octanol–water partition coefficient (Wildman–Crippen LogP) is 4.69. The second kappa shape index (κ2) is 5.61. The summed E-state index contributed by atoms with van der Waals surface area (Å²) in [5, 5.41) is 4.25. The molecule has 0 bridgehead atoms. The summed E-state index contributed by atoms with van der Waals surface area (Å²) in [5.74, 6) is 0. The van der Waals surface area contributed by atoms with Crippen LogP contribution in [-0.4, -0.2) is 7.11 Å². The third kappa shape index (κ3) is 2.07. The summed E-state index contributed by atoms with van der Waals surface area (Å²) in [4.78, 5) is 0. The van der Waals surface area contributed by atoms with Crippen molar-refractivity contribution < 1.29 is 4.74 Å². The lowest BCUT2D eigenvalue weighted by Gasteiger charge is -2.33. The van der Waals surface area contributed by atoms with Crippen molar-refractivity contribution in [1.82, 2.24) is 0 Å². The molecule has 1 nitrogen and oxygen atoms in total. The molecule has 3 aromatic rings. The summed E-state index contributed by atoms with van der Waals surface area (Å²) in [6, 6.07) is 22.9. The number of methoxy groups -OCH3 is 1. The zero-order valence-corrected chi connectivity index (χ0v) is 12.1. The molecule has 1 aromatic heterocycles. The van der Waals surface area contributed by atoms with E-state index in [9.17, 15) is 0 Å². The van der Waals surface area contributed by atoms with Gasteiger partial charge in [-0.05, 0) is 28.0 Å². The fourth-order valence-corrected chi connectivity index (χ4v) is 3.36. The first kappa shape index (κ1) is 13.1. The van der Waals surface area contributed by atoms with Gasteiger partial charge in [-0.2, -0.15) is 11.3 Å². The van der Waals surface area contributed by atoms with Crippen LogP contribution in [0.25, 0.3) is 0 Å². The van der Waals surface area contributed by atoms with Crippen molar-refractivity contribution in [1.29, 1.82) is 0 Å². The molecule has 3 rings (SSSR count). The molecule has 0 fully saturated rings. The van der Waals surface area contributed by atoms with Gasteiger partial charge in [0.2, 0.25) is 0 Å². The molecule has 20 heavy (non-hydrogen) atoms. The lowest BCUT2D eigenvalue weighted by Crippen LogP contribution is -2.30. The van der Waals surface area contributed by atoms with Crippen LogP contribution in [0.15, 0.2) is 77.5 Å². The summed E-state index contributed by atoms with van der Waals surface area (Å²) in [6.45, 7) is 0. The molecule has 2 heteroatoms. The van der Waals surface area contributed by atoms with Crippen LogP contribution in [0.4, 0.5) is 0 Å². The van der Waals surface area contributed by atoms with Crippen LogP contribution in [-0.2, 0) is 10.3 Å². The highest BCUT2D eigenvalue weighted by Gasteiger charge is 2.36. The number of hydrogen-bond acceptors (Lipinski definition) is 2. The van der Waals surface area contributed by atoms with E-state index in [1.807, 2.05) is 12.1 Å². The zero-order valence-electron chi connectivity index (χ0n) is 11.3. The van der Waals surface area contributed by atoms with E-state index in [2.05, 4.69) is 65.4 Å². The van der Waals surface area contributed by atoms with E-state index < -0.39 is 5.60 Å². The second-order valence-corrected chi connectivity index (χ2v) is 5.41. The van der Waals surface area contributed by atoms with E-state index in [-0.39, 0.29) is 0 Å². The predicted molar refractivity (Wildman–Crippen MR) is 84.1 cm³/mol. The van der Waals surface area contributed by atoms with Gasteiger partial charge in [0.25, 0.3) is 0 Å². The Morgan fingerprint density at radius 1 is 0.750 bits per heavy atom. The van der Waals surface area contributed by atoms with Gasteiger partial charge in [0.15, 0.2) is 0 Å². The molecule has 100 valence electrons. The van der Waals surface area contributed by atoms with Crippen molar-refractivity contribution in [2.24, 2.45) is 0 Å². The summed E-state index contributed by atoms with van der Waals surface area (Å²) in [6.07, 6.45) is 0. The highest BCUT2D eigenvalue weighted by atomic mass is 32.1. The first-order valence-corrected chi connectivity index (χ1v) is 7.51. The van der Waals surface area contributed by atoms with E-state index in [1.54, 1.807) is 18.4 Å². The van der Waals surface area contributed by atoms with Crippen molar-refractivity contribution in [3.05, 3.63) is 94.2 Å². The smallest absolute Gasteiger partial charge is 0.144 e. The van der Waals surface area contributed by atoms with Gasteiger partial charge < -0.3 is 4.74 Å². The van der Waals surface area contributed by atoms with Gasteiger partial charge in [-0.25, -0.2) is 0 Å². The van der Waals surface area contributed by atoms with Crippen molar-refractivity contribution in [3.63, 3.8) is 0 Å². The topological polar surface area (TPSA) is 9.23 Å². The van der Waals surface area contributed by atoms with Crippen LogP contribution in [0.1, 0.15) is 16.7 Å². The minimum Gasteiger partial charge on any atom is -0.364 e. The maximum Gasteiger partial charge on any atom is 0.144 e. The number of benzene rings is 2. The highest BCUT2D eigenvalue weighted by Crippen LogP contribution is 2.40. The van der Waals surface area contributed by atoms with Gasteiger partial charge >= 0.3 is 0 Å². The Hall–Kier alpha value is -1.90. The van der Waals surface area contributed by atoms with E-state index in [4.69, 9.17) is 4.74 Å². The van der Waals surface area contributed by atoms with Crippen molar-refractivity contribution >= 4 is 11.3 Å². The Kier molecular flexibility index (Phi) is 3.68. The van der Waals surface area contributed by atoms with E-state index in [0.717, 1.165) is 11.1 Å². The minimum atomic E-state index is -0.539. The quantitative estimate of drug-likeness (QED) is 0.674. The number of hydrogen-bond donors (Lipinski definition) is 0. The molecule has 1 heterocycles. The molecule has 0 spiro atoms. The van der Waals surface area contributed by atoms with Gasteiger partial charge in [0.05, 0.1) is 0 Å². The van der Waals surface area contributed by atoms with E-state index in [0.29, 0.717) is 0 Å². The molecule has 0 amide bonds. The average Bonchev–Trinajstić information content (AvgIpc) is 3.06. The lowest BCUT2D eigenvalue weighted by molar-refractivity contribution is 0.0589. The van der Waals surface area contributed by atoms with Crippen molar-refractivity contribution in [2.45, 2.75) is 5.60 Å². The van der Waals surface area contributed by atoms with Crippen LogP contribution >= 0.6 is 11.3 Å². The standard InChI is InChI=1S/C18H16OS/c1-19-18(17-12-13-20-14-17,15-8-4-2-5-9-15)16-10-6-3-7-11-16/h2-14H,1H3. The summed E-state index contributed by atoms with van der Waals surface area (Å²) in [7, 11) is 1.78. The molecule has 0 N–H and O–H groups in total. The number of rotatable bonds is 4. The fraction of sp³-hybridized carbons (Fsp3) is 0.111. The fourth-order valence-electron chi connectivity index (χ4n) is 2.66. The molecule has 0 radical (unpaired) electrons. The number of thiophene rings is 1. The second-order valence-electron chi connectivity index (χ2n) is 4.63. The third-order valence-electron chi connectivity index (χ3n) is 3.59. The molecular formula is C18H16OS. The first-order valence-electron chi connectivity index (χ1n) is 6.57. The summed E-state index contributed by atoms with van der Waals surface area (Å²) < 4.78 is 6.06. The van der Waals surface area contributed by atoms with Crippen LogP contribution in [0.3, 0.4) is 0 Å². The third-order valence-corrected chi connectivity index (χ3v) is 4.28. The maximum atomic E-state index is 6.06. The van der Waals surface area contributed by atoms with Gasteiger partial charge in [-0.15, -0.1) is 0 Å². The van der Waals surface area contributed by atoms with Gasteiger partial charge in [0.1, 0.15) is 5.60 Å². The molecule has 0 unspecified atom stereocenters. The zero-order chi connectivity index (χ0) is 13.8. The van der Waals surface area contributed by atoms with Crippen LogP contribution in [0.5, 0.6) is 0 Å². The molecule has 0 saturated heterocycles. The molecule has 0 aliphatic rings. The van der Waals surface area contributed by atoms with Crippen LogP contribution < -0.4 is 0 Å². The Balaban J connectivity index is 2.27. The minimum absolute atomic E-state index is 0.539. The normalized spacial score (nSPS) is 11.4. The molecular weight excluding hydrogens is 264 g/mol. The Morgan fingerprint density at radius 2 is 1.30 bits per heavy atom. The Morgan fingerprint density at radius 3 is 1.70 bits per heavy atom. The Labute approximate surface area is 123 Å². The number of ether oxygens (including phenoxy) is 1.